The van der Waals surface area contributed by atoms with Crippen molar-refractivity contribution in [3.8, 4) is 0 Å². The molecular formula is C12H15NOS. The molecule has 15 heavy (non-hydrogen) atoms. The lowest BCUT2D eigenvalue weighted by Gasteiger charge is -2.08. The van der Waals surface area contributed by atoms with Crippen LogP contribution in [-0.4, -0.2) is 0 Å². The monoisotopic (exact) mass is 221 g/mol. The van der Waals surface area contributed by atoms with Crippen molar-refractivity contribution < 1.29 is 4.42 Å². The van der Waals surface area contributed by atoms with Crippen molar-refractivity contribution in [2.24, 2.45) is 5.73 Å². The lowest BCUT2D eigenvalue weighted by atomic mass is 10.1. The van der Waals surface area contributed by atoms with Crippen LogP contribution in [0.3, 0.4) is 0 Å². The first-order valence-corrected chi connectivity index (χ1v) is 5.92. The van der Waals surface area contributed by atoms with E-state index in [1.165, 1.54) is 9.75 Å². The van der Waals surface area contributed by atoms with E-state index in [-0.39, 0.29) is 6.04 Å². The molecule has 2 aromatic rings. The van der Waals surface area contributed by atoms with Crippen LogP contribution >= 0.6 is 11.3 Å². The van der Waals surface area contributed by atoms with E-state index in [9.17, 15) is 0 Å². The van der Waals surface area contributed by atoms with E-state index in [1.807, 2.05) is 6.07 Å². The third-order valence-electron chi connectivity index (χ3n) is 2.50. The first-order valence-electron chi connectivity index (χ1n) is 5.10. The molecule has 0 aliphatic rings. The van der Waals surface area contributed by atoms with Gasteiger partial charge in [-0.1, -0.05) is 6.92 Å². The maximum Gasteiger partial charge on any atom is 0.108 e. The van der Waals surface area contributed by atoms with Gasteiger partial charge in [-0.25, -0.2) is 0 Å². The van der Waals surface area contributed by atoms with Gasteiger partial charge in [-0.15, -0.1) is 11.3 Å². The zero-order chi connectivity index (χ0) is 10.8. The Morgan fingerprint density at radius 1 is 1.40 bits per heavy atom. The van der Waals surface area contributed by atoms with Gasteiger partial charge in [0.2, 0.25) is 0 Å². The average molecular weight is 221 g/mol. The van der Waals surface area contributed by atoms with Gasteiger partial charge in [0.25, 0.3) is 0 Å². The molecule has 0 aromatic carbocycles. The topological polar surface area (TPSA) is 39.2 Å². The highest BCUT2D eigenvalue weighted by Gasteiger charge is 2.16. The SMILES string of the molecule is CCc1occc1C(N)c1ccc(C)s1. The van der Waals surface area contributed by atoms with Gasteiger partial charge in [-0.3, -0.25) is 0 Å². The molecule has 1 unspecified atom stereocenters. The van der Waals surface area contributed by atoms with E-state index in [0.29, 0.717) is 0 Å². The Bertz CT molecular complexity index is 444. The van der Waals surface area contributed by atoms with Gasteiger partial charge in [0, 0.05) is 21.7 Å². The van der Waals surface area contributed by atoms with Crippen LogP contribution in [0.5, 0.6) is 0 Å². The summed E-state index contributed by atoms with van der Waals surface area (Å²) in [4.78, 5) is 2.49. The number of thiophene rings is 1. The van der Waals surface area contributed by atoms with Gasteiger partial charge in [-0.2, -0.15) is 0 Å². The second-order valence-corrected chi connectivity index (χ2v) is 4.90. The summed E-state index contributed by atoms with van der Waals surface area (Å²) in [6.07, 6.45) is 2.61. The van der Waals surface area contributed by atoms with Gasteiger partial charge in [0.1, 0.15) is 5.76 Å². The number of nitrogens with two attached hydrogens (primary N) is 1. The first kappa shape index (κ1) is 10.5. The molecule has 2 rings (SSSR count). The average Bonchev–Trinajstić information content (AvgIpc) is 2.84. The number of aryl methyl sites for hydroxylation is 2. The summed E-state index contributed by atoms with van der Waals surface area (Å²) < 4.78 is 5.39. The summed E-state index contributed by atoms with van der Waals surface area (Å²) in [5.74, 6) is 0.994. The van der Waals surface area contributed by atoms with Gasteiger partial charge < -0.3 is 10.2 Å². The third kappa shape index (κ3) is 1.98. The van der Waals surface area contributed by atoms with Crippen molar-refractivity contribution in [3.63, 3.8) is 0 Å². The summed E-state index contributed by atoms with van der Waals surface area (Å²) in [5, 5.41) is 0. The normalized spacial score (nSPS) is 13.0. The van der Waals surface area contributed by atoms with Gasteiger partial charge >= 0.3 is 0 Å². The van der Waals surface area contributed by atoms with Crippen molar-refractivity contribution in [1.29, 1.82) is 0 Å². The zero-order valence-corrected chi connectivity index (χ0v) is 9.80. The standard InChI is InChI=1S/C12H15NOS/c1-3-10-9(6-7-14-10)12(13)11-5-4-8(2)15-11/h4-7,12H,3,13H2,1-2H3. The Hall–Kier alpha value is -1.06. The molecule has 80 valence electrons. The second-order valence-electron chi connectivity index (χ2n) is 3.58. The highest BCUT2D eigenvalue weighted by atomic mass is 32.1. The van der Waals surface area contributed by atoms with E-state index < -0.39 is 0 Å². The fourth-order valence-corrected chi connectivity index (χ4v) is 2.59. The summed E-state index contributed by atoms with van der Waals surface area (Å²) in [5.41, 5.74) is 7.31. The molecule has 0 spiro atoms. The van der Waals surface area contributed by atoms with E-state index in [4.69, 9.17) is 10.2 Å². The highest BCUT2D eigenvalue weighted by molar-refractivity contribution is 7.12. The summed E-state index contributed by atoms with van der Waals surface area (Å²) in [7, 11) is 0. The minimum Gasteiger partial charge on any atom is -0.469 e. The summed E-state index contributed by atoms with van der Waals surface area (Å²) in [6.45, 7) is 4.17. The molecule has 0 fully saturated rings. The van der Waals surface area contributed by atoms with Crippen molar-refractivity contribution in [2.75, 3.05) is 0 Å². The van der Waals surface area contributed by atoms with Gasteiger partial charge in [0.15, 0.2) is 0 Å². The van der Waals surface area contributed by atoms with Crippen molar-refractivity contribution in [1.82, 2.24) is 0 Å². The Morgan fingerprint density at radius 3 is 2.80 bits per heavy atom. The smallest absolute Gasteiger partial charge is 0.108 e. The largest absolute Gasteiger partial charge is 0.469 e. The fourth-order valence-electron chi connectivity index (χ4n) is 1.69. The number of hydrogen-bond acceptors (Lipinski definition) is 3. The first-order chi connectivity index (χ1) is 7.22. The Labute approximate surface area is 93.7 Å². The molecule has 0 radical (unpaired) electrons. The van der Waals surface area contributed by atoms with Crippen LogP contribution < -0.4 is 5.73 Å². The molecule has 2 nitrogen and oxygen atoms in total. The molecule has 3 heteroatoms. The van der Waals surface area contributed by atoms with Crippen LogP contribution in [0.25, 0.3) is 0 Å². The molecule has 2 heterocycles. The van der Waals surface area contributed by atoms with Gasteiger partial charge in [0.05, 0.1) is 12.3 Å². The van der Waals surface area contributed by atoms with Crippen molar-refractivity contribution >= 4 is 11.3 Å². The molecule has 0 bridgehead atoms. The third-order valence-corrected chi connectivity index (χ3v) is 3.59. The minimum absolute atomic E-state index is 0.0441. The lowest BCUT2D eigenvalue weighted by molar-refractivity contribution is 0.509. The van der Waals surface area contributed by atoms with E-state index in [2.05, 4.69) is 26.0 Å². The van der Waals surface area contributed by atoms with Crippen LogP contribution in [-0.2, 0) is 6.42 Å². The van der Waals surface area contributed by atoms with E-state index >= 15 is 0 Å². The minimum atomic E-state index is -0.0441. The van der Waals surface area contributed by atoms with Crippen LogP contribution in [0.15, 0.2) is 28.9 Å². The highest BCUT2D eigenvalue weighted by Crippen LogP contribution is 2.29. The Morgan fingerprint density at radius 2 is 2.20 bits per heavy atom. The molecule has 2 N–H and O–H groups in total. The quantitative estimate of drug-likeness (QED) is 0.864. The van der Waals surface area contributed by atoms with Crippen LogP contribution in [0.2, 0.25) is 0 Å². The maximum absolute atomic E-state index is 6.20. The number of furan rings is 1. The number of hydrogen-bond donors (Lipinski definition) is 1. The van der Waals surface area contributed by atoms with Gasteiger partial charge in [-0.05, 0) is 25.1 Å². The van der Waals surface area contributed by atoms with Crippen molar-refractivity contribution in [2.45, 2.75) is 26.3 Å². The predicted octanol–water partition coefficient (Wildman–Crippen LogP) is 3.26. The lowest BCUT2D eigenvalue weighted by Crippen LogP contribution is -2.10. The van der Waals surface area contributed by atoms with E-state index in [1.54, 1.807) is 17.6 Å². The molecule has 0 saturated carbocycles. The molecule has 0 aliphatic carbocycles. The Balaban J connectivity index is 2.31. The van der Waals surface area contributed by atoms with Crippen molar-refractivity contribution in [3.05, 3.63) is 45.5 Å². The molecule has 1 atom stereocenters. The van der Waals surface area contributed by atoms with Crippen LogP contribution in [0.4, 0.5) is 0 Å². The van der Waals surface area contributed by atoms with E-state index in [0.717, 1.165) is 17.7 Å². The van der Waals surface area contributed by atoms with Crippen LogP contribution in [0.1, 0.15) is 34.0 Å². The summed E-state index contributed by atoms with van der Waals surface area (Å²) in [6, 6.07) is 6.12. The molecular weight excluding hydrogens is 206 g/mol. The molecule has 0 saturated heterocycles. The van der Waals surface area contributed by atoms with Crippen LogP contribution in [0, 0.1) is 6.92 Å². The number of rotatable bonds is 3. The molecule has 2 aromatic heterocycles. The fraction of sp³-hybridized carbons (Fsp3) is 0.333. The maximum atomic E-state index is 6.20. The Kier molecular flexibility index (Phi) is 2.93. The summed E-state index contributed by atoms with van der Waals surface area (Å²) >= 11 is 1.75. The zero-order valence-electron chi connectivity index (χ0n) is 8.99. The molecule has 0 amide bonds. The predicted molar refractivity (Wildman–Crippen MR) is 63.2 cm³/mol. The molecule has 0 aliphatic heterocycles. The second kappa shape index (κ2) is 4.21.